The number of alkyl halides is 6. The first-order valence-corrected chi connectivity index (χ1v) is 9.76. The van der Waals surface area contributed by atoms with E-state index in [1.54, 1.807) is 0 Å². The summed E-state index contributed by atoms with van der Waals surface area (Å²) >= 11 is -2.91. The van der Waals surface area contributed by atoms with E-state index in [1.165, 1.54) is 7.05 Å². The molecule has 0 aromatic carbocycles. The number of pyridine rings is 2. The standard InChI is InChI=1S/C14H8F6N4O4S2/c1-23-8-5-24(25)10(29(26)14(18,19)20)3-7(8)22-12(23)11-9(30(27)28)2-6(4-21-11)13(15,16)17/h2-5H,1H3,(H-,25,27,28)/p+1. The summed E-state index contributed by atoms with van der Waals surface area (Å²) in [5.74, 6) is -0.272. The largest absolute Gasteiger partial charge is 0.481 e. The number of aromatic nitrogens is 4. The van der Waals surface area contributed by atoms with E-state index in [0.717, 1.165) is 10.8 Å². The average molecular weight is 475 g/mol. The maximum Gasteiger partial charge on any atom is 0.481 e. The van der Waals surface area contributed by atoms with Crippen molar-refractivity contribution in [2.75, 3.05) is 0 Å². The molecule has 0 amide bonds. The second kappa shape index (κ2) is 7.28. The fraction of sp³-hybridized carbons (Fsp3) is 0.214. The summed E-state index contributed by atoms with van der Waals surface area (Å²) < 4.78 is 110. The minimum absolute atomic E-state index is 0.0215. The predicted octanol–water partition coefficient (Wildman–Crippen LogP) is 2.39. The molecular weight excluding hydrogens is 466 g/mol. The maximum atomic E-state index is 12.9. The van der Waals surface area contributed by atoms with Crippen molar-refractivity contribution in [3.05, 3.63) is 30.1 Å². The van der Waals surface area contributed by atoms with Crippen LogP contribution in [0.1, 0.15) is 5.56 Å². The fourth-order valence-corrected chi connectivity index (χ4v) is 3.74. The van der Waals surface area contributed by atoms with Gasteiger partial charge in [0.05, 0.1) is 16.5 Å². The van der Waals surface area contributed by atoms with E-state index in [2.05, 4.69) is 9.97 Å². The van der Waals surface area contributed by atoms with Crippen LogP contribution in [-0.2, 0) is 35.1 Å². The van der Waals surface area contributed by atoms with Gasteiger partial charge in [-0.25, -0.2) is 13.4 Å². The Kier molecular flexibility index (Phi) is 5.36. The Bertz CT molecular complexity index is 1210. The third-order valence-corrected chi connectivity index (χ3v) is 5.67. The lowest BCUT2D eigenvalue weighted by Gasteiger charge is -2.10. The van der Waals surface area contributed by atoms with Crippen molar-refractivity contribution in [3.8, 4) is 11.5 Å². The van der Waals surface area contributed by atoms with E-state index < -0.39 is 54.7 Å². The molecule has 0 spiro atoms. The van der Waals surface area contributed by atoms with Crippen LogP contribution >= 0.6 is 0 Å². The number of fused-ring (bicyclic) bond motifs is 1. The van der Waals surface area contributed by atoms with E-state index in [-0.39, 0.29) is 21.6 Å². The van der Waals surface area contributed by atoms with Gasteiger partial charge in [-0.1, -0.05) is 0 Å². The molecule has 16 heteroatoms. The highest BCUT2D eigenvalue weighted by molar-refractivity contribution is 7.85. The second-order valence-electron chi connectivity index (χ2n) is 5.75. The van der Waals surface area contributed by atoms with E-state index in [4.69, 9.17) is 0 Å². The number of nitrogens with zero attached hydrogens (tertiary/aromatic N) is 4. The molecule has 30 heavy (non-hydrogen) atoms. The summed E-state index contributed by atoms with van der Waals surface area (Å²) in [5, 5.41) is 8.72. The van der Waals surface area contributed by atoms with Crippen molar-refractivity contribution >= 4 is 32.9 Å². The van der Waals surface area contributed by atoms with Crippen molar-refractivity contribution in [2.24, 2.45) is 7.05 Å². The number of halogens is 6. The number of aryl methyl sites for hydroxylation is 1. The maximum absolute atomic E-state index is 12.9. The van der Waals surface area contributed by atoms with E-state index >= 15 is 0 Å². The highest BCUT2D eigenvalue weighted by Gasteiger charge is 2.44. The molecule has 0 fully saturated rings. The number of rotatable bonds is 3. The number of hydrogen-bond donors (Lipinski definition) is 2. The summed E-state index contributed by atoms with van der Waals surface area (Å²) in [5.41, 5.74) is -7.15. The highest BCUT2D eigenvalue weighted by Crippen LogP contribution is 2.34. The van der Waals surface area contributed by atoms with Gasteiger partial charge in [-0.2, -0.15) is 26.3 Å². The lowest BCUT2D eigenvalue weighted by atomic mass is 10.2. The molecule has 0 radical (unpaired) electrons. The zero-order valence-corrected chi connectivity index (χ0v) is 16.0. The molecule has 2 atom stereocenters. The van der Waals surface area contributed by atoms with E-state index in [9.17, 15) is 44.5 Å². The zero-order valence-electron chi connectivity index (χ0n) is 14.4. The van der Waals surface area contributed by atoms with Gasteiger partial charge in [-0.3, -0.25) is 10.2 Å². The van der Waals surface area contributed by atoms with Gasteiger partial charge in [0.25, 0.3) is 0 Å². The third-order valence-electron chi connectivity index (χ3n) is 3.88. The minimum Gasteiger partial charge on any atom is -0.321 e. The summed E-state index contributed by atoms with van der Waals surface area (Å²) in [6.45, 7) is 0. The summed E-state index contributed by atoms with van der Waals surface area (Å²) in [4.78, 5) is 6.74. The first kappa shape index (κ1) is 22.1. The van der Waals surface area contributed by atoms with E-state index in [0.29, 0.717) is 18.3 Å². The van der Waals surface area contributed by atoms with Gasteiger partial charge >= 0.3 is 16.7 Å². The van der Waals surface area contributed by atoms with Gasteiger partial charge in [0, 0.05) is 18.0 Å². The Balaban J connectivity index is 2.24. The Hall–Kier alpha value is -2.59. The topological polar surface area (TPSA) is 109 Å². The molecule has 0 saturated heterocycles. The van der Waals surface area contributed by atoms with Crippen LogP contribution in [0.15, 0.2) is 34.4 Å². The van der Waals surface area contributed by atoms with Crippen LogP contribution in [0, 0.1) is 0 Å². The molecule has 0 aliphatic heterocycles. The Morgan fingerprint density at radius 2 is 1.77 bits per heavy atom. The van der Waals surface area contributed by atoms with Crippen LogP contribution < -0.4 is 4.73 Å². The normalized spacial score (nSPS) is 14.8. The molecule has 3 heterocycles. The lowest BCUT2D eigenvalue weighted by molar-refractivity contribution is -0.932. The molecule has 0 aliphatic carbocycles. The van der Waals surface area contributed by atoms with Crippen LogP contribution in [0.5, 0.6) is 0 Å². The molecule has 0 bridgehead atoms. The van der Waals surface area contributed by atoms with Crippen LogP contribution in [-0.4, -0.2) is 38.2 Å². The number of imidazole rings is 1. The van der Waals surface area contributed by atoms with Gasteiger partial charge in [-0.15, -0.1) is 0 Å². The summed E-state index contributed by atoms with van der Waals surface area (Å²) in [7, 11) is -2.31. The average Bonchev–Trinajstić information content (AvgIpc) is 2.94. The van der Waals surface area contributed by atoms with Gasteiger partial charge in [0.1, 0.15) is 16.7 Å². The second-order valence-corrected chi connectivity index (χ2v) is 8.11. The molecule has 8 nitrogen and oxygen atoms in total. The van der Waals surface area contributed by atoms with Crippen molar-refractivity contribution in [3.63, 3.8) is 0 Å². The lowest BCUT2D eigenvalue weighted by Crippen LogP contribution is -2.38. The Morgan fingerprint density at radius 3 is 2.30 bits per heavy atom. The fourth-order valence-electron chi connectivity index (χ4n) is 2.52. The first-order chi connectivity index (χ1) is 13.7. The molecular formula is C14H9F6N4O4S2+. The van der Waals surface area contributed by atoms with Crippen LogP contribution in [0.4, 0.5) is 26.3 Å². The van der Waals surface area contributed by atoms with Gasteiger partial charge in [-0.05, 0) is 6.07 Å². The first-order valence-electron chi connectivity index (χ1n) is 7.50. The highest BCUT2D eigenvalue weighted by atomic mass is 32.2. The predicted molar refractivity (Wildman–Crippen MR) is 87.8 cm³/mol. The van der Waals surface area contributed by atoms with E-state index in [1.807, 2.05) is 0 Å². The van der Waals surface area contributed by atoms with Crippen LogP contribution in [0.3, 0.4) is 0 Å². The van der Waals surface area contributed by atoms with Gasteiger partial charge in [0.15, 0.2) is 16.9 Å². The van der Waals surface area contributed by atoms with Gasteiger partial charge < -0.3 is 9.12 Å². The van der Waals surface area contributed by atoms with Crippen molar-refractivity contribution in [2.45, 2.75) is 21.6 Å². The van der Waals surface area contributed by atoms with Gasteiger partial charge in [0.2, 0.25) is 17.0 Å². The van der Waals surface area contributed by atoms with Crippen LogP contribution in [0.25, 0.3) is 22.6 Å². The quantitative estimate of drug-likeness (QED) is 0.261. The summed E-state index contributed by atoms with van der Waals surface area (Å²) in [6.07, 6.45) is -3.68. The molecule has 3 aromatic rings. The third kappa shape index (κ3) is 3.89. The van der Waals surface area contributed by atoms with Crippen molar-refractivity contribution in [1.29, 1.82) is 0 Å². The Morgan fingerprint density at radius 1 is 1.13 bits per heavy atom. The monoisotopic (exact) mass is 475 g/mol. The number of hydrogen-bond acceptors (Lipinski definition) is 5. The SMILES string of the molecule is Cn1c(-c2ncc(C(F)(F)F)cc2S(=O)O)nc2cc(S(=O)C(F)(F)F)[n+](O)cc21. The molecule has 2 N–H and O–H groups in total. The minimum atomic E-state index is -5.17. The molecule has 3 rings (SSSR count). The molecule has 0 saturated carbocycles. The van der Waals surface area contributed by atoms with Crippen LogP contribution in [0.2, 0.25) is 0 Å². The smallest absolute Gasteiger partial charge is 0.321 e. The van der Waals surface area contributed by atoms with Crippen molar-refractivity contribution < 1.29 is 49.3 Å². The molecule has 0 aliphatic rings. The van der Waals surface area contributed by atoms with Crippen molar-refractivity contribution in [1.82, 2.24) is 14.5 Å². The summed E-state index contributed by atoms with van der Waals surface area (Å²) in [6, 6.07) is 1.07. The molecule has 162 valence electrons. The Labute approximate surface area is 167 Å². The molecule has 3 aromatic heterocycles. The zero-order chi connectivity index (χ0) is 22.6. The molecule has 2 unspecified atom stereocenters.